The summed E-state index contributed by atoms with van der Waals surface area (Å²) in [7, 11) is 0. The molecule has 19 heavy (non-hydrogen) atoms. The van der Waals surface area contributed by atoms with Gasteiger partial charge in [-0.15, -0.1) is 0 Å². The molecular weight excluding hydrogens is 273 g/mol. The molecule has 1 atom stereocenters. The first kappa shape index (κ1) is 13.8. The lowest BCUT2D eigenvalue weighted by Gasteiger charge is -2.30. The minimum absolute atomic E-state index is 0.113. The van der Waals surface area contributed by atoms with Crippen LogP contribution in [-0.2, 0) is 4.79 Å². The highest BCUT2D eigenvalue weighted by molar-refractivity contribution is 6.31. The lowest BCUT2D eigenvalue weighted by molar-refractivity contribution is -0.143. The Bertz CT molecular complexity index is 521. The molecule has 1 heterocycles. The fourth-order valence-corrected chi connectivity index (χ4v) is 2.36. The van der Waals surface area contributed by atoms with Crippen molar-refractivity contribution >= 4 is 23.5 Å². The van der Waals surface area contributed by atoms with Crippen molar-refractivity contribution < 1.29 is 19.1 Å². The molecule has 1 saturated heterocycles. The van der Waals surface area contributed by atoms with Gasteiger partial charge in [0.15, 0.2) is 0 Å². The van der Waals surface area contributed by atoms with E-state index in [0.717, 1.165) is 6.07 Å². The van der Waals surface area contributed by atoms with Gasteiger partial charge in [-0.25, -0.2) is 4.39 Å². The highest BCUT2D eigenvalue weighted by Crippen LogP contribution is 2.21. The second-order valence-electron chi connectivity index (χ2n) is 4.56. The molecule has 0 saturated carbocycles. The van der Waals surface area contributed by atoms with Crippen LogP contribution in [0.1, 0.15) is 23.2 Å². The number of carbonyl (C=O) groups is 2. The zero-order chi connectivity index (χ0) is 14.0. The van der Waals surface area contributed by atoms with Crippen molar-refractivity contribution in [3.63, 3.8) is 0 Å². The van der Waals surface area contributed by atoms with Crippen molar-refractivity contribution in [3.05, 3.63) is 34.6 Å². The highest BCUT2D eigenvalue weighted by Gasteiger charge is 2.28. The smallest absolute Gasteiger partial charge is 0.308 e. The van der Waals surface area contributed by atoms with Crippen LogP contribution < -0.4 is 0 Å². The van der Waals surface area contributed by atoms with Gasteiger partial charge in [0.1, 0.15) is 5.82 Å². The van der Waals surface area contributed by atoms with Crippen molar-refractivity contribution in [2.75, 3.05) is 13.1 Å². The molecule has 1 amide bonds. The minimum Gasteiger partial charge on any atom is -0.481 e. The van der Waals surface area contributed by atoms with Crippen molar-refractivity contribution in [2.24, 2.45) is 5.92 Å². The molecule has 1 N–H and O–H groups in total. The van der Waals surface area contributed by atoms with Crippen LogP contribution in [0.2, 0.25) is 5.02 Å². The van der Waals surface area contributed by atoms with Crippen molar-refractivity contribution in [1.29, 1.82) is 0 Å². The van der Waals surface area contributed by atoms with Gasteiger partial charge in [-0.05, 0) is 31.0 Å². The number of carbonyl (C=O) groups excluding carboxylic acids is 1. The number of piperidine rings is 1. The standard InChI is InChI=1S/C13H13ClFNO3/c14-10-6-8(3-4-11(10)15)12(17)16-5-1-2-9(7-16)13(18)19/h3-4,6,9H,1-2,5,7H2,(H,18,19)/t9-/m0/s1. The fourth-order valence-electron chi connectivity index (χ4n) is 2.17. The van der Waals surface area contributed by atoms with E-state index in [1.165, 1.54) is 17.0 Å². The lowest BCUT2D eigenvalue weighted by Crippen LogP contribution is -2.42. The summed E-state index contributed by atoms with van der Waals surface area (Å²) in [6.07, 6.45) is 1.22. The molecule has 2 rings (SSSR count). The molecule has 0 aromatic heterocycles. The summed E-state index contributed by atoms with van der Waals surface area (Å²) in [6.45, 7) is 0.695. The molecule has 6 heteroatoms. The number of rotatable bonds is 2. The molecule has 1 aromatic carbocycles. The van der Waals surface area contributed by atoms with E-state index in [0.29, 0.717) is 19.4 Å². The second-order valence-corrected chi connectivity index (χ2v) is 4.96. The number of carboxylic acids is 1. The number of aliphatic carboxylic acids is 1. The molecule has 0 unspecified atom stereocenters. The third kappa shape index (κ3) is 3.04. The van der Waals surface area contributed by atoms with Crippen LogP contribution in [0, 0.1) is 11.7 Å². The maximum Gasteiger partial charge on any atom is 0.308 e. The first-order valence-corrected chi connectivity index (χ1v) is 6.34. The predicted octanol–water partition coefficient (Wildman–Crippen LogP) is 2.42. The average molecular weight is 286 g/mol. The summed E-state index contributed by atoms with van der Waals surface area (Å²) in [5.41, 5.74) is 0.275. The van der Waals surface area contributed by atoms with E-state index in [1.54, 1.807) is 0 Å². The maximum atomic E-state index is 13.0. The average Bonchev–Trinajstić information content (AvgIpc) is 2.41. The molecule has 1 aliphatic rings. The van der Waals surface area contributed by atoms with Crippen LogP contribution in [0.5, 0.6) is 0 Å². The second kappa shape index (κ2) is 5.57. The van der Waals surface area contributed by atoms with Crippen LogP contribution in [0.4, 0.5) is 4.39 Å². The zero-order valence-electron chi connectivity index (χ0n) is 10.1. The van der Waals surface area contributed by atoms with Gasteiger partial charge < -0.3 is 10.0 Å². The molecule has 0 bridgehead atoms. The van der Waals surface area contributed by atoms with E-state index < -0.39 is 17.7 Å². The van der Waals surface area contributed by atoms with Crippen molar-refractivity contribution in [1.82, 2.24) is 4.90 Å². The molecule has 0 aliphatic carbocycles. The largest absolute Gasteiger partial charge is 0.481 e. The number of hydrogen-bond donors (Lipinski definition) is 1. The zero-order valence-corrected chi connectivity index (χ0v) is 10.9. The van der Waals surface area contributed by atoms with Gasteiger partial charge >= 0.3 is 5.97 Å². The van der Waals surface area contributed by atoms with Crippen LogP contribution in [0.15, 0.2) is 18.2 Å². The number of amides is 1. The van der Waals surface area contributed by atoms with Crippen LogP contribution >= 0.6 is 11.6 Å². The summed E-state index contributed by atoms with van der Waals surface area (Å²) >= 11 is 5.64. The van der Waals surface area contributed by atoms with E-state index in [1.807, 2.05) is 0 Å². The predicted molar refractivity (Wildman–Crippen MR) is 67.7 cm³/mol. The van der Waals surface area contributed by atoms with E-state index in [-0.39, 0.29) is 23.0 Å². The Hall–Kier alpha value is -1.62. The maximum absolute atomic E-state index is 13.0. The monoisotopic (exact) mass is 285 g/mol. The molecule has 102 valence electrons. The molecule has 1 aromatic rings. The van der Waals surface area contributed by atoms with Gasteiger partial charge in [0.25, 0.3) is 5.91 Å². The molecule has 1 fully saturated rings. The summed E-state index contributed by atoms with van der Waals surface area (Å²) in [5.74, 6) is -2.32. The molecule has 1 aliphatic heterocycles. The third-order valence-electron chi connectivity index (χ3n) is 3.22. The Morgan fingerprint density at radius 3 is 2.79 bits per heavy atom. The Labute approximate surface area is 114 Å². The molecule has 0 spiro atoms. The van der Waals surface area contributed by atoms with Gasteiger partial charge in [0.05, 0.1) is 10.9 Å². The summed E-state index contributed by atoms with van der Waals surface area (Å²) in [4.78, 5) is 24.6. The molecule has 4 nitrogen and oxygen atoms in total. The van der Waals surface area contributed by atoms with Gasteiger partial charge in [0, 0.05) is 18.7 Å². The SMILES string of the molecule is O=C(O)[C@H]1CCCN(C(=O)c2ccc(F)c(Cl)c2)C1. The van der Waals surface area contributed by atoms with Crippen molar-refractivity contribution in [2.45, 2.75) is 12.8 Å². The van der Waals surface area contributed by atoms with E-state index >= 15 is 0 Å². The Balaban J connectivity index is 2.14. The van der Waals surface area contributed by atoms with E-state index in [2.05, 4.69) is 0 Å². The van der Waals surface area contributed by atoms with E-state index in [9.17, 15) is 14.0 Å². The van der Waals surface area contributed by atoms with Gasteiger partial charge in [-0.1, -0.05) is 11.6 Å². The summed E-state index contributed by atoms with van der Waals surface area (Å²) in [6, 6.07) is 3.76. The number of benzene rings is 1. The van der Waals surface area contributed by atoms with Gasteiger partial charge in [-0.3, -0.25) is 9.59 Å². The van der Waals surface area contributed by atoms with Gasteiger partial charge in [-0.2, -0.15) is 0 Å². The first-order chi connectivity index (χ1) is 8.99. The lowest BCUT2D eigenvalue weighted by atomic mass is 9.97. The number of nitrogens with zero attached hydrogens (tertiary/aromatic N) is 1. The van der Waals surface area contributed by atoms with E-state index in [4.69, 9.17) is 16.7 Å². The number of halogens is 2. The number of likely N-dealkylation sites (tertiary alicyclic amines) is 1. The Kier molecular flexibility index (Phi) is 4.04. The molecule has 0 radical (unpaired) electrons. The topological polar surface area (TPSA) is 57.6 Å². The van der Waals surface area contributed by atoms with Gasteiger partial charge in [0.2, 0.25) is 0 Å². The number of carboxylic acid groups (broad SMARTS) is 1. The number of hydrogen-bond acceptors (Lipinski definition) is 2. The third-order valence-corrected chi connectivity index (χ3v) is 3.51. The molecular formula is C13H13ClFNO3. The summed E-state index contributed by atoms with van der Waals surface area (Å²) < 4.78 is 13.0. The van der Waals surface area contributed by atoms with Crippen LogP contribution in [0.25, 0.3) is 0 Å². The van der Waals surface area contributed by atoms with Crippen molar-refractivity contribution in [3.8, 4) is 0 Å². The Morgan fingerprint density at radius 2 is 2.16 bits per heavy atom. The fraction of sp³-hybridized carbons (Fsp3) is 0.385. The normalized spacial score (nSPS) is 19.3. The van der Waals surface area contributed by atoms with Crippen LogP contribution in [-0.4, -0.2) is 35.0 Å². The minimum atomic E-state index is -0.894. The highest BCUT2D eigenvalue weighted by atomic mass is 35.5. The first-order valence-electron chi connectivity index (χ1n) is 5.96. The quantitative estimate of drug-likeness (QED) is 0.908. The summed E-state index contributed by atoms with van der Waals surface area (Å²) in [5, 5.41) is 8.87. The van der Waals surface area contributed by atoms with Crippen LogP contribution in [0.3, 0.4) is 0 Å². The Morgan fingerprint density at radius 1 is 1.42 bits per heavy atom.